The first-order valence-corrected chi connectivity index (χ1v) is 37.7. The maximum absolute atomic E-state index is 16.0. The summed E-state index contributed by atoms with van der Waals surface area (Å²) in [5, 5.41) is 55.9. The molecule has 7 rings (SSSR count). The van der Waals surface area contributed by atoms with Gasteiger partial charge in [0, 0.05) is 99.7 Å². The molecule has 1 aromatic heterocycles. The number of aromatic hydroxyl groups is 1. The van der Waals surface area contributed by atoms with Gasteiger partial charge in [-0.1, -0.05) is 88.5 Å². The van der Waals surface area contributed by atoms with Gasteiger partial charge in [0.05, 0.1) is 5.02 Å². The van der Waals surface area contributed by atoms with Crippen LogP contribution in [-0.2, 0) is 86.4 Å². The maximum atomic E-state index is 16.0. The number of primary amides is 1. The first-order chi connectivity index (χ1) is 51.1. The van der Waals surface area contributed by atoms with E-state index in [4.69, 9.17) is 34.5 Å². The number of carbonyl (C=O) groups is 14. The van der Waals surface area contributed by atoms with Gasteiger partial charge in [-0.15, -0.1) is 0 Å². The van der Waals surface area contributed by atoms with E-state index < -0.39 is 212 Å². The highest BCUT2D eigenvalue weighted by Gasteiger charge is 2.41. The predicted molar refractivity (Wildman–Crippen MR) is 392 cm³/mol. The number of para-hydroxylation sites is 1. The van der Waals surface area contributed by atoms with Crippen molar-refractivity contribution < 1.29 is 86.8 Å². The number of carboxylic acid groups (broad SMARTS) is 2. The van der Waals surface area contributed by atoms with Crippen molar-refractivity contribution in [2.75, 3.05) is 37.7 Å². The number of hydrogen-bond acceptors (Lipinski definition) is 19. The summed E-state index contributed by atoms with van der Waals surface area (Å²) >= 11 is 6.23. The molecule has 1 saturated carbocycles. The van der Waals surface area contributed by atoms with E-state index in [1.165, 1.54) is 53.6 Å². The average molecular weight is 1550 g/mol. The second kappa shape index (κ2) is 41.6. The fourth-order valence-electron chi connectivity index (χ4n) is 12.5. The molecular weight excluding hydrogens is 1460 g/mol. The molecule has 3 aromatic carbocycles. The molecule has 4 aromatic rings. The van der Waals surface area contributed by atoms with Crippen LogP contribution in [0.1, 0.15) is 107 Å². The van der Waals surface area contributed by atoms with Crippen LogP contribution in [0, 0.1) is 11.7 Å². The Balaban J connectivity index is 1.29. The molecule has 3 heterocycles. The number of halogens is 2. The Morgan fingerprint density at radius 2 is 1.27 bits per heavy atom. The van der Waals surface area contributed by atoms with Gasteiger partial charge in [0.15, 0.2) is 5.96 Å². The maximum Gasteiger partial charge on any atom is 0.303 e. The van der Waals surface area contributed by atoms with Gasteiger partial charge in [0.2, 0.25) is 70.9 Å². The van der Waals surface area contributed by atoms with Gasteiger partial charge in [0.25, 0.3) is 0 Å². The number of rotatable bonds is 24. The summed E-state index contributed by atoms with van der Waals surface area (Å²) in [6.45, 7) is -0.346. The van der Waals surface area contributed by atoms with Crippen LogP contribution < -0.4 is 76.1 Å². The molecule has 22 N–H and O–H groups in total. The standard InChI is InChI=1S/C69H91ClFN17O17S2/c70-42-12-5-10-38(57(42)71)31-48-64(101)80-44(14-6-27-77-69(74)75)60(97)76-28-25-53(90)79-45(20-22-55(92)93)61(98)82-49(32-39-33-78-43-13-4-3-11-41(39)43)65(102)81-46(21-23-56(94)95)62(99)85-50(59(73)96)34-106-107-35-51(66(103)87-58(68(105)84-48)37-8-1-2-9-37)86-63(100)47(30-36-16-18-40(89)19-17-36)83-67(104)52-15-7-29-88(52)54(91)24-26-72/h3-5,10-13,16-19,33,37,44-52,58,78,89H,1-2,6-9,14-15,20-32,34-35,72H2,(H2,73,96)(H,76,97)(H,79,90)(H,80,101)(H,81,102)(H,82,98)(H,83,104)(H,84,105)(H,85,99)(H,86,100)(H,87,103)(H,92,93)(H,94,95)(H4,74,75,77)/t44-,45-,46-,47-,48-,49-,50+,51-,52-,58-/m0/s1. The zero-order chi connectivity index (χ0) is 77.9. The number of amides is 12. The van der Waals surface area contributed by atoms with E-state index in [2.05, 4.69) is 63.1 Å². The minimum absolute atomic E-state index is 0.00231. The quantitative estimate of drug-likeness (QED) is 0.0169. The second-order valence-electron chi connectivity index (χ2n) is 26.0. The van der Waals surface area contributed by atoms with Crippen molar-refractivity contribution in [1.82, 2.24) is 63.1 Å². The number of aromatic nitrogens is 1. The summed E-state index contributed by atoms with van der Waals surface area (Å²) in [5.74, 6) is -17.2. The Kier molecular flexibility index (Phi) is 32.6. The molecule has 1 aliphatic carbocycles. The zero-order valence-corrected chi connectivity index (χ0v) is 60.8. The minimum Gasteiger partial charge on any atom is -0.508 e. The summed E-state index contributed by atoms with van der Waals surface area (Å²) < 4.78 is 16.0. The number of benzene rings is 3. The lowest BCUT2D eigenvalue weighted by molar-refractivity contribution is -0.139. The highest BCUT2D eigenvalue weighted by molar-refractivity contribution is 8.76. The van der Waals surface area contributed by atoms with Gasteiger partial charge in [0.1, 0.15) is 72.0 Å². The smallest absolute Gasteiger partial charge is 0.303 e. The normalized spacial score (nSPS) is 22.8. The van der Waals surface area contributed by atoms with Gasteiger partial charge >= 0.3 is 11.9 Å². The average Bonchev–Trinajstić information content (AvgIpc) is 1.78. The second-order valence-corrected chi connectivity index (χ2v) is 29.0. The fraction of sp³-hybridized carbons (Fsp3) is 0.493. The summed E-state index contributed by atoms with van der Waals surface area (Å²) in [6.07, 6.45) is -0.614. The molecule has 107 heavy (non-hydrogen) atoms. The van der Waals surface area contributed by atoms with Crippen LogP contribution in [0.25, 0.3) is 10.9 Å². The van der Waals surface area contributed by atoms with Gasteiger partial charge in [-0.2, -0.15) is 0 Å². The lowest BCUT2D eigenvalue weighted by Gasteiger charge is -2.30. The Labute approximate surface area is 627 Å². The van der Waals surface area contributed by atoms with E-state index in [0.29, 0.717) is 54.1 Å². The Hall–Kier alpha value is -10.3. The third kappa shape index (κ3) is 26.0. The number of fused-ring (bicyclic) bond motifs is 1. The Morgan fingerprint density at radius 3 is 1.93 bits per heavy atom. The highest BCUT2D eigenvalue weighted by atomic mass is 35.5. The molecule has 0 bridgehead atoms. The molecule has 0 unspecified atom stereocenters. The molecule has 580 valence electrons. The summed E-state index contributed by atoms with van der Waals surface area (Å²) in [4.78, 5) is 205. The topological polar surface area (TPSA) is 555 Å². The van der Waals surface area contributed by atoms with Crippen LogP contribution in [0.15, 0.2) is 77.9 Å². The van der Waals surface area contributed by atoms with Crippen molar-refractivity contribution in [1.29, 1.82) is 0 Å². The summed E-state index contributed by atoms with van der Waals surface area (Å²) in [7, 11) is 1.67. The number of nitrogens with two attached hydrogens (primary N) is 4. The molecule has 0 spiro atoms. The third-order valence-electron chi connectivity index (χ3n) is 18.2. The van der Waals surface area contributed by atoms with Crippen molar-refractivity contribution in [3.8, 4) is 5.75 Å². The third-order valence-corrected chi connectivity index (χ3v) is 20.9. The number of H-pyrrole nitrogens is 1. The highest BCUT2D eigenvalue weighted by Crippen LogP contribution is 2.30. The molecular formula is C69H91ClFN17O17S2. The number of nitrogens with zero attached hydrogens (tertiary/aromatic N) is 2. The van der Waals surface area contributed by atoms with E-state index in [1.807, 2.05) is 0 Å². The van der Waals surface area contributed by atoms with Gasteiger partial charge in [-0.25, -0.2) is 4.39 Å². The zero-order valence-electron chi connectivity index (χ0n) is 58.4. The first-order valence-electron chi connectivity index (χ1n) is 34.9. The number of hydrogen-bond donors (Lipinski definition) is 18. The molecule has 38 heteroatoms. The molecule has 3 fully saturated rings. The van der Waals surface area contributed by atoms with Crippen molar-refractivity contribution in [3.63, 3.8) is 0 Å². The minimum atomic E-state index is -1.77. The lowest BCUT2D eigenvalue weighted by atomic mass is 9.95. The number of aliphatic imine (C=N–C) groups is 1. The van der Waals surface area contributed by atoms with Crippen molar-refractivity contribution in [2.45, 2.75) is 170 Å². The lowest BCUT2D eigenvalue weighted by Crippen LogP contribution is -2.61. The largest absolute Gasteiger partial charge is 0.508 e. The molecule has 34 nitrogen and oxygen atoms in total. The number of guanidine groups is 1. The monoisotopic (exact) mass is 1550 g/mol. The molecule has 0 radical (unpaired) electrons. The number of aliphatic carboxylic acids is 2. The van der Waals surface area contributed by atoms with Gasteiger partial charge in [-0.3, -0.25) is 72.1 Å². The number of carboxylic acids is 2. The van der Waals surface area contributed by atoms with Crippen LogP contribution in [0.5, 0.6) is 5.75 Å². The summed E-state index contributed by atoms with van der Waals surface area (Å²) in [5.41, 5.74) is 24.0. The number of likely N-dealkylation sites (tertiary alicyclic amines) is 1. The van der Waals surface area contributed by atoms with Crippen LogP contribution in [-0.4, -0.2) is 212 Å². The van der Waals surface area contributed by atoms with Crippen molar-refractivity contribution >= 4 is 133 Å². The van der Waals surface area contributed by atoms with E-state index in [9.17, 15) is 68.1 Å². The van der Waals surface area contributed by atoms with Crippen LogP contribution in [0.3, 0.4) is 0 Å². The number of phenolic OH excluding ortho intramolecular Hbond substituents is 1. The molecule has 2 aliphatic heterocycles. The number of nitrogens with one attached hydrogen (secondary N) is 11. The number of aromatic amines is 1. The Morgan fingerprint density at radius 1 is 0.664 bits per heavy atom. The molecule has 12 amide bonds. The Bertz CT molecular complexity index is 3900. The van der Waals surface area contributed by atoms with Gasteiger partial charge in [-0.05, 0) is 98.2 Å². The number of carbonyl (C=O) groups excluding carboxylic acids is 12. The van der Waals surface area contributed by atoms with Crippen LogP contribution in [0.4, 0.5) is 4.39 Å². The fourth-order valence-corrected chi connectivity index (χ4v) is 15.1. The van der Waals surface area contributed by atoms with E-state index in [0.717, 1.165) is 21.6 Å². The van der Waals surface area contributed by atoms with Crippen molar-refractivity contribution in [2.24, 2.45) is 33.8 Å². The van der Waals surface area contributed by atoms with E-state index in [-0.39, 0.29) is 80.5 Å². The van der Waals surface area contributed by atoms with Crippen LogP contribution >= 0.6 is 33.2 Å². The molecule has 10 atom stereocenters. The van der Waals surface area contributed by atoms with Crippen molar-refractivity contribution in [3.05, 3.63) is 100 Å². The molecule has 2 saturated heterocycles. The first kappa shape index (κ1) is 84.0. The van der Waals surface area contributed by atoms with Gasteiger partial charge < -0.3 is 101 Å². The number of phenols is 1. The predicted octanol–water partition coefficient (Wildman–Crippen LogP) is -1.24. The van der Waals surface area contributed by atoms with E-state index in [1.54, 1.807) is 24.3 Å². The SMILES string of the molecule is NCCC(=O)N1CCC[C@H]1C(=O)N[C@@H](Cc1ccc(O)cc1)C(=O)N[C@H]1CSSC[C@H](C(N)=O)NC(=O)[C@H](CCC(=O)O)NC(=O)[C@H](Cc2c[nH]c3ccccc23)NC(=O)[C@H](CCC(=O)O)NC(=O)CCNC(=O)[C@H](CCCN=C(N)N)NC(=O)[C@H](Cc2cccc(Cl)c2F)NC(=O)[C@H](C2CCCC2)NC1=O. The van der Waals surface area contributed by atoms with Crippen LogP contribution in [0.2, 0.25) is 5.02 Å². The van der Waals surface area contributed by atoms with E-state index >= 15 is 18.8 Å². The molecule has 3 aliphatic rings. The summed E-state index contributed by atoms with van der Waals surface area (Å²) in [6, 6.07) is 0.639.